The van der Waals surface area contributed by atoms with Crippen molar-refractivity contribution in [3.05, 3.63) is 48.0 Å². The van der Waals surface area contributed by atoms with E-state index < -0.39 is 11.7 Å². The number of benzene rings is 2. The molecule has 7 nitrogen and oxygen atoms in total. The number of aliphatic hydroxyl groups is 1. The molecule has 0 bridgehead atoms. The number of aliphatic hydroxyl groups excluding tert-OH is 1. The topological polar surface area (TPSA) is 82.1 Å². The van der Waals surface area contributed by atoms with Gasteiger partial charge in [0.25, 0.3) is 5.91 Å². The van der Waals surface area contributed by atoms with Crippen LogP contribution in [0.2, 0.25) is 0 Å². The average Bonchev–Trinajstić information content (AvgIpc) is 2.81. The van der Waals surface area contributed by atoms with E-state index in [-0.39, 0.29) is 37.5 Å². The van der Waals surface area contributed by atoms with Crippen LogP contribution in [0.4, 0.5) is 30.2 Å². The molecule has 0 spiro atoms. The first-order chi connectivity index (χ1) is 15.8. The number of anilines is 3. The van der Waals surface area contributed by atoms with Crippen molar-refractivity contribution in [2.75, 3.05) is 48.0 Å². The zero-order chi connectivity index (χ0) is 23.6. The van der Waals surface area contributed by atoms with Crippen molar-refractivity contribution in [2.24, 2.45) is 5.92 Å². The molecule has 0 aromatic heterocycles. The van der Waals surface area contributed by atoms with Gasteiger partial charge >= 0.3 is 6.18 Å². The quantitative estimate of drug-likeness (QED) is 0.712. The predicted molar refractivity (Wildman–Crippen MR) is 116 cm³/mol. The Hall–Kier alpha value is -3.27. The Morgan fingerprint density at radius 3 is 2.61 bits per heavy atom. The summed E-state index contributed by atoms with van der Waals surface area (Å²) in [5, 5.41) is 12.1. The van der Waals surface area contributed by atoms with Crippen molar-refractivity contribution < 1.29 is 32.6 Å². The van der Waals surface area contributed by atoms with Gasteiger partial charge < -0.3 is 25.0 Å². The summed E-state index contributed by atoms with van der Waals surface area (Å²) in [5.41, 5.74) is 0.787. The molecular weight excluding hydrogens is 439 g/mol. The molecule has 0 unspecified atom stereocenters. The van der Waals surface area contributed by atoms with Crippen LogP contribution in [-0.2, 0) is 15.8 Å². The molecule has 0 saturated carbocycles. The van der Waals surface area contributed by atoms with E-state index in [1.165, 1.54) is 11.0 Å². The number of piperidine rings is 1. The third kappa shape index (κ3) is 5.05. The maximum atomic E-state index is 13.0. The van der Waals surface area contributed by atoms with Gasteiger partial charge in [-0.05, 0) is 49.2 Å². The summed E-state index contributed by atoms with van der Waals surface area (Å²) in [4.78, 5) is 28.2. The van der Waals surface area contributed by atoms with Crippen LogP contribution in [0.1, 0.15) is 18.4 Å². The number of fused-ring (bicyclic) bond motifs is 1. The number of hydrogen-bond donors (Lipinski definition) is 2. The number of rotatable bonds is 5. The number of amides is 2. The van der Waals surface area contributed by atoms with Crippen LogP contribution in [0, 0.1) is 5.92 Å². The molecule has 176 valence electrons. The molecule has 0 atom stereocenters. The highest BCUT2D eigenvalue weighted by Gasteiger charge is 2.32. The summed E-state index contributed by atoms with van der Waals surface area (Å²) in [6.07, 6.45) is -3.39. The maximum absolute atomic E-state index is 13.0. The Labute approximate surface area is 188 Å². The van der Waals surface area contributed by atoms with Gasteiger partial charge in [0.15, 0.2) is 6.61 Å². The third-order valence-electron chi connectivity index (χ3n) is 5.90. The summed E-state index contributed by atoms with van der Waals surface area (Å²) in [7, 11) is 0. The number of ether oxygens (including phenoxy) is 1. The Morgan fingerprint density at radius 2 is 1.91 bits per heavy atom. The van der Waals surface area contributed by atoms with E-state index in [1.54, 1.807) is 24.3 Å². The average molecular weight is 463 g/mol. The van der Waals surface area contributed by atoms with Gasteiger partial charge in [0, 0.05) is 36.9 Å². The number of β-amino-alcohol motifs (C(OH)–C–C–N with tert-alkyl or cyclic N) is 1. The second-order valence-electron chi connectivity index (χ2n) is 8.04. The second kappa shape index (κ2) is 9.30. The van der Waals surface area contributed by atoms with Gasteiger partial charge in [0.05, 0.1) is 17.9 Å². The number of carbonyl (C=O) groups is 2. The van der Waals surface area contributed by atoms with Crippen LogP contribution in [-0.4, -0.2) is 49.8 Å². The molecule has 1 fully saturated rings. The summed E-state index contributed by atoms with van der Waals surface area (Å²) >= 11 is 0. The summed E-state index contributed by atoms with van der Waals surface area (Å²) in [5.74, 6) is -0.248. The van der Waals surface area contributed by atoms with Crippen LogP contribution >= 0.6 is 0 Å². The number of alkyl halides is 3. The second-order valence-corrected chi connectivity index (χ2v) is 8.04. The van der Waals surface area contributed by atoms with E-state index in [2.05, 4.69) is 5.32 Å². The van der Waals surface area contributed by atoms with Crippen molar-refractivity contribution >= 4 is 28.9 Å². The Kier molecular flexibility index (Phi) is 6.46. The van der Waals surface area contributed by atoms with E-state index in [4.69, 9.17) is 4.74 Å². The number of nitrogens with one attached hydrogen (secondary N) is 1. The lowest BCUT2D eigenvalue weighted by atomic mass is 9.95. The fourth-order valence-corrected chi connectivity index (χ4v) is 4.15. The van der Waals surface area contributed by atoms with Crippen molar-refractivity contribution in [1.29, 1.82) is 0 Å². The van der Waals surface area contributed by atoms with E-state index in [1.807, 2.05) is 4.90 Å². The first-order valence-electron chi connectivity index (χ1n) is 10.7. The van der Waals surface area contributed by atoms with Crippen LogP contribution in [0.3, 0.4) is 0 Å². The highest BCUT2D eigenvalue weighted by Crippen LogP contribution is 2.35. The Balaban J connectivity index is 1.39. The van der Waals surface area contributed by atoms with Gasteiger partial charge in [-0.1, -0.05) is 6.07 Å². The van der Waals surface area contributed by atoms with E-state index in [0.717, 1.165) is 12.1 Å². The van der Waals surface area contributed by atoms with Crippen molar-refractivity contribution in [1.82, 2.24) is 0 Å². The minimum absolute atomic E-state index is 0.108. The van der Waals surface area contributed by atoms with E-state index in [0.29, 0.717) is 48.7 Å². The van der Waals surface area contributed by atoms with Crippen LogP contribution in [0.25, 0.3) is 0 Å². The number of carbonyl (C=O) groups excluding carboxylic acids is 2. The van der Waals surface area contributed by atoms with Crippen LogP contribution < -0.4 is 19.9 Å². The molecule has 2 N–H and O–H groups in total. The highest BCUT2D eigenvalue weighted by molar-refractivity contribution is 5.99. The number of hydrogen-bond acceptors (Lipinski definition) is 5. The maximum Gasteiger partial charge on any atom is 0.416 e. The molecule has 2 aromatic rings. The third-order valence-corrected chi connectivity index (χ3v) is 5.90. The predicted octanol–water partition coefficient (Wildman–Crippen LogP) is 3.28. The van der Waals surface area contributed by atoms with Gasteiger partial charge in [0.1, 0.15) is 5.75 Å². The largest absolute Gasteiger partial charge is 0.482 e. The molecule has 2 heterocycles. The molecule has 2 amide bonds. The minimum atomic E-state index is -4.40. The Bertz CT molecular complexity index is 1040. The van der Waals surface area contributed by atoms with Gasteiger partial charge in [-0.25, -0.2) is 0 Å². The first-order valence-corrected chi connectivity index (χ1v) is 10.7. The molecule has 2 aliphatic heterocycles. The molecule has 0 aliphatic carbocycles. The van der Waals surface area contributed by atoms with E-state index in [9.17, 15) is 27.9 Å². The fraction of sp³-hybridized carbons (Fsp3) is 0.391. The van der Waals surface area contributed by atoms with Crippen molar-refractivity contribution in [3.63, 3.8) is 0 Å². The van der Waals surface area contributed by atoms with Gasteiger partial charge in [-0.15, -0.1) is 0 Å². The normalized spacial score (nSPS) is 16.9. The molecule has 10 heteroatoms. The summed E-state index contributed by atoms with van der Waals surface area (Å²) < 4.78 is 44.4. The minimum Gasteiger partial charge on any atom is -0.482 e. The van der Waals surface area contributed by atoms with Gasteiger partial charge in [0.2, 0.25) is 5.91 Å². The fourth-order valence-electron chi connectivity index (χ4n) is 4.15. The monoisotopic (exact) mass is 463 g/mol. The molecule has 2 aromatic carbocycles. The number of halogens is 3. The van der Waals surface area contributed by atoms with Crippen molar-refractivity contribution in [3.8, 4) is 5.75 Å². The molecule has 4 rings (SSSR count). The Morgan fingerprint density at radius 1 is 1.15 bits per heavy atom. The lowest BCUT2D eigenvalue weighted by molar-refractivity contribution is -0.137. The molecular formula is C23H24F3N3O4. The van der Waals surface area contributed by atoms with Crippen LogP contribution in [0.15, 0.2) is 42.5 Å². The van der Waals surface area contributed by atoms with Gasteiger partial charge in [-0.3, -0.25) is 9.59 Å². The smallest absolute Gasteiger partial charge is 0.416 e. The molecule has 2 aliphatic rings. The molecule has 1 saturated heterocycles. The highest BCUT2D eigenvalue weighted by atomic mass is 19.4. The lowest BCUT2D eigenvalue weighted by Gasteiger charge is -2.33. The van der Waals surface area contributed by atoms with Gasteiger partial charge in [-0.2, -0.15) is 13.2 Å². The zero-order valence-electron chi connectivity index (χ0n) is 17.8. The summed E-state index contributed by atoms with van der Waals surface area (Å²) in [6.45, 7) is 0.752. The standard InChI is InChI=1S/C23H24F3N3O4/c24-23(25,26)16-2-1-3-18(12-16)28-8-6-15(7-9-28)22(32)27-17-4-5-20-19(13-17)29(10-11-30)21(31)14-33-20/h1-5,12-13,15,30H,6-11,14H2,(H,27,32). The zero-order valence-corrected chi connectivity index (χ0v) is 17.8. The SMILES string of the molecule is O=C(Nc1ccc2c(c1)N(CCO)C(=O)CO2)C1CCN(c2cccc(C(F)(F)F)c2)CC1. The van der Waals surface area contributed by atoms with Crippen LogP contribution in [0.5, 0.6) is 5.75 Å². The van der Waals surface area contributed by atoms with E-state index >= 15 is 0 Å². The first kappa shape index (κ1) is 22.9. The summed E-state index contributed by atoms with van der Waals surface area (Å²) in [6, 6.07) is 10.2. The molecule has 33 heavy (non-hydrogen) atoms. The molecule has 0 radical (unpaired) electrons. The number of nitrogens with zero attached hydrogens (tertiary/aromatic N) is 2. The van der Waals surface area contributed by atoms with Crippen molar-refractivity contribution in [2.45, 2.75) is 19.0 Å². The lowest BCUT2D eigenvalue weighted by Crippen LogP contribution is -2.40.